The third-order valence-electron chi connectivity index (χ3n) is 7.02. The third-order valence-corrected chi connectivity index (χ3v) is 8.15. The Morgan fingerprint density at radius 1 is 1.19 bits per heavy atom. The van der Waals surface area contributed by atoms with Gasteiger partial charge in [0.15, 0.2) is 0 Å². The number of hydrogen-bond acceptors (Lipinski definition) is 8. The normalized spacial score (nSPS) is 43.2. The molecule has 1 amide bonds. The highest BCUT2D eigenvalue weighted by Crippen LogP contribution is 2.34. The Labute approximate surface area is 193 Å². The monoisotopic (exact) mass is 480 g/mol. The van der Waals surface area contributed by atoms with Crippen LogP contribution in [-0.2, 0) is 14.3 Å². The second-order valence-corrected chi connectivity index (χ2v) is 11.0. The van der Waals surface area contributed by atoms with E-state index in [1.807, 2.05) is 0 Å². The van der Waals surface area contributed by atoms with Gasteiger partial charge in [-0.3, -0.25) is 4.79 Å². The van der Waals surface area contributed by atoms with Gasteiger partial charge >= 0.3 is 0 Å². The maximum Gasteiger partial charge on any atom is 0.240 e. The van der Waals surface area contributed by atoms with Crippen molar-refractivity contribution in [2.75, 3.05) is 19.4 Å². The molecule has 5 N–H and O–H groups in total. The molecule has 0 bridgehead atoms. The van der Waals surface area contributed by atoms with Crippen molar-refractivity contribution in [3.05, 3.63) is 0 Å². The Morgan fingerprint density at radius 2 is 1.90 bits per heavy atom. The van der Waals surface area contributed by atoms with Crippen LogP contribution in [-0.4, -0.2) is 94.1 Å². The van der Waals surface area contributed by atoms with E-state index in [1.165, 1.54) is 11.8 Å². The number of hydrogen-bond donors (Lipinski definition) is 5. The average Bonchev–Trinajstić information content (AvgIpc) is 3.00. The highest BCUT2D eigenvalue weighted by molar-refractivity contribution is 7.99. The lowest BCUT2D eigenvalue weighted by Gasteiger charge is -2.44. The van der Waals surface area contributed by atoms with Crippen molar-refractivity contribution in [3.8, 4) is 0 Å². The average molecular weight is 481 g/mol. The number of fused-ring (bicyclic) bond motifs is 1. The molecule has 0 spiro atoms. The summed E-state index contributed by atoms with van der Waals surface area (Å²) in [7, 11) is 0. The van der Waals surface area contributed by atoms with Crippen LogP contribution in [0.25, 0.3) is 0 Å². The standard InChI is InChI=1S/C21H37ClN2O6S/c1-9(2)11-5-6-29-18-12(7-11)8-23-14(18)20(28)24-13(10(3)22)19-16(26)15(25)17(27)21(30-19)31-4/h9-19,21,23,25-27H,5-8H2,1-4H3,(H,24,28). The predicted octanol–water partition coefficient (Wildman–Crippen LogP) is 0.308. The minimum absolute atomic E-state index is 0.210. The lowest BCUT2D eigenvalue weighted by molar-refractivity contribution is -0.205. The van der Waals surface area contributed by atoms with Crippen molar-refractivity contribution < 1.29 is 29.6 Å². The van der Waals surface area contributed by atoms with Gasteiger partial charge < -0.3 is 35.4 Å². The predicted molar refractivity (Wildman–Crippen MR) is 120 cm³/mol. The van der Waals surface area contributed by atoms with Crippen LogP contribution in [0.3, 0.4) is 0 Å². The molecule has 0 aromatic rings. The van der Waals surface area contributed by atoms with E-state index in [-0.39, 0.29) is 17.9 Å². The Hall–Kier alpha value is -0.130. The van der Waals surface area contributed by atoms with Gasteiger partial charge in [-0.2, -0.15) is 0 Å². The van der Waals surface area contributed by atoms with E-state index in [0.717, 1.165) is 19.4 Å². The Kier molecular flexibility index (Phi) is 8.93. The molecule has 0 aromatic heterocycles. The summed E-state index contributed by atoms with van der Waals surface area (Å²) in [5, 5.41) is 36.6. The zero-order valence-electron chi connectivity index (χ0n) is 18.6. The molecule has 0 aliphatic carbocycles. The second-order valence-electron chi connectivity index (χ2n) is 9.40. The number of alkyl halides is 1. The molecule has 8 nitrogen and oxygen atoms in total. The van der Waals surface area contributed by atoms with Gasteiger partial charge in [-0.25, -0.2) is 0 Å². The molecule has 3 rings (SSSR count). The van der Waals surface area contributed by atoms with Gasteiger partial charge in [-0.05, 0) is 43.8 Å². The molecular formula is C21H37ClN2O6S. The van der Waals surface area contributed by atoms with E-state index in [1.54, 1.807) is 13.2 Å². The number of aliphatic hydroxyl groups is 3. The molecule has 11 unspecified atom stereocenters. The molecule has 3 fully saturated rings. The molecule has 0 aromatic carbocycles. The molecular weight excluding hydrogens is 444 g/mol. The third kappa shape index (κ3) is 5.51. The molecule has 0 saturated carbocycles. The molecule has 11 atom stereocenters. The number of rotatable bonds is 6. The van der Waals surface area contributed by atoms with Gasteiger partial charge in [0.2, 0.25) is 5.91 Å². The van der Waals surface area contributed by atoms with E-state index in [2.05, 4.69) is 24.5 Å². The van der Waals surface area contributed by atoms with Crippen molar-refractivity contribution in [2.45, 2.75) is 87.0 Å². The van der Waals surface area contributed by atoms with Crippen molar-refractivity contribution in [2.24, 2.45) is 17.8 Å². The molecule has 3 heterocycles. The first-order chi connectivity index (χ1) is 14.6. The molecule has 31 heavy (non-hydrogen) atoms. The van der Waals surface area contributed by atoms with E-state index in [4.69, 9.17) is 21.1 Å². The zero-order valence-corrected chi connectivity index (χ0v) is 20.2. The van der Waals surface area contributed by atoms with Crippen LogP contribution in [0, 0.1) is 17.8 Å². The minimum atomic E-state index is -1.39. The summed E-state index contributed by atoms with van der Waals surface area (Å²) in [6, 6.07) is -1.27. The fourth-order valence-corrected chi connectivity index (χ4v) is 5.91. The van der Waals surface area contributed by atoms with Crippen LogP contribution in [0.4, 0.5) is 0 Å². The lowest BCUT2D eigenvalue weighted by atomic mass is 9.83. The zero-order chi connectivity index (χ0) is 22.9. The summed E-state index contributed by atoms with van der Waals surface area (Å²) in [5.41, 5.74) is -0.731. The molecule has 3 aliphatic rings. The van der Waals surface area contributed by atoms with Crippen LogP contribution in [0.1, 0.15) is 33.6 Å². The molecule has 3 aliphatic heterocycles. The lowest BCUT2D eigenvalue weighted by Crippen LogP contribution is -2.65. The Morgan fingerprint density at radius 3 is 2.52 bits per heavy atom. The first-order valence-electron chi connectivity index (χ1n) is 11.2. The van der Waals surface area contributed by atoms with Crippen molar-refractivity contribution in [1.82, 2.24) is 10.6 Å². The van der Waals surface area contributed by atoms with Crippen LogP contribution in [0.2, 0.25) is 0 Å². The largest absolute Gasteiger partial charge is 0.388 e. The molecule has 0 radical (unpaired) electrons. The summed E-state index contributed by atoms with van der Waals surface area (Å²) >= 11 is 7.60. The van der Waals surface area contributed by atoms with Crippen LogP contribution < -0.4 is 10.6 Å². The summed E-state index contributed by atoms with van der Waals surface area (Å²) in [6.07, 6.45) is -1.40. The number of aliphatic hydroxyl groups excluding tert-OH is 3. The summed E-state index contributed by atoms with van der Waals surface area (Å²) in [4.78, 5) is 13.2. The fourth-order valence-electron chi connectivity index (χ4n) is 5.02. The summed E-state index contributed by atoms with van der Waals surface area (Å²) < 4.78 is 11.9. The van der Waals surface area contributed by atoms with Gasteiger partial charge in [0.1, 0.15) is 35.9 Å². The van der Waals surface area contributed by atoms with Crippen molar-refractivity contribution in [3.63, 3.8) is 0 Å². The topological polar surface area (TPSA) is 120 Å². The van der Waals surface area contributed by atoms with Crippen molar-refractivity contribution >= 4 is 29.3 Å². The fraction of sp³-hybridized carbons (Fsp3) is 0.952. The molecule has 180 valence electrons. The van der Waals surface area contributed by atoms with Gasteiger partial charge in [-0.15, -0.1) is 23.4 Å². The maximum absolute atomic E-state index is 13.2. The van der Waals surface area contributed by atoms with Crippen LogP contribution >= 0.6 is 23.4 Å². The molecule has 10 heteroatoms. The number of carbonyl (C=O) groups excluding carboxylic acids is 1. The van der Waals surface area contributed by atoms with E-state index < -0.39 is 47.3 Å². The van der Waals surface area contributed by atoms with Gasteiger partial charge in [0.25, 0.3) is 0 Å². The maximum atomic E-state index is 13.2. The quantitative estimate of drug-likeness (QED) is 0.344. The van der Waals surface area contributed by atoms with Gasteiger partial charge in [0, 0.05) is 13.2 Å². The first kappa shape index (κ1) is 25.5. The number of carbonyl (C=O) groups is 1. The van der Waals surface area contributed by atoms with Crippen molar-refractivity contribution in [1.29, 1.82) is 0 Å². The smallest absolute Gasteiger partial charge is 0.240 e. The Bertz CT molecular complexity index is 612. The molecule has 3 saturated heterocycles. The number of ether oxygens (including phenoxy) is 2. The number of nitrogens with one attached hydrogen (secondary N) is 2. The van der Waals surface area contributed by atoms with E-state index >= 15 is 0 Å². The summed E-state index contributed by atoms with van der Waals surface area (Å²) in [6.45, 7) is 7.51. The number of halogens is 1. The van der Waals surface area contributed by atoms with Gasteiger partial charge in [0.05, 0.1) is 17.5 Å². The Balaban J connectivity index is 1.70. The van der Waals surface area contributed by atoms with Gasteiger partial charge in [-0.1, -0.05) is 13.8 Å². The van der Waals surface area contributed by atoms with E-state index in [9.17, 15) is 20.1 Å². The number of thioether (sulfide) groups is 1. The SMILES string of the molecule is CSC1OC(C(NC(=O)C2NCC3CC(C(C)C)CCOC32)C(C)Cl)C(O)C(O)C1O. The van der Waals surface area contributed by atoms with Crippen LogP contribution in [0.15, 0.2) is 0 Å². The highest BCUT2D eigenvalue weighted by Gasteiger charge is 2.49. The number of amides is 1. The highest BCUT2D eigenvalue weighted by atomic mass is 35.5. The summed E-state index contributed by atoms with van der Waals surface area (Å²) in [5.74, 6) is 1.17. The minimum Gasteiger partial charge on any atom is -0.388 e. The van der Waals surface area contributed by atoms with Crippen LogP contribution in [0.5, 0.6) is 0 Å². The second kappa shape index (κ2) is 10.9. The van der Waals surface area contributed by atoms with E-state index in [0.29, 0.717) is 18.4 Å². The first-order valence-corrected chi connectivity index (χ1v) is 12.9.